The average Bonchev–Trinajstić information content (AvgIpc) is 2.44. The van der Waals surface area contributed by atoms with E-state index in [1.807, 2.05) is 0 Å². The Kier molecular flexibility index (Phi) is 1.86. The van der Waals surface area contributed by atoms with Gasteiger partial charge in [0.25, 0.3) is 0 Å². The second kappa shape index (κ2) is 2.92. The number of rotatable bonds is 1. The van der Waals surface area contributed by atoms with Crippen molar-refractivity contribution in [2.75, 3.05) is 5.73 Å². The lowest BCUT2D eigenvalue weighted by molar-refractivity contribution is 0.0665. The number of anilines is 1. The summed E-state index contributed by atoms with van der Waals surface area (Å²) in [7, 11) is 0. The van der Waals surface area contributed by atoms with Gasteiger partial charge in [-0.25, -0.2) is 4.79 Å². The van der Waals surface area contributed by atoms with Crippen LogP contribution in [-0.4, -0.2) is 11.1 Å². The molecule has 2 aromatic rings. The molecule has 14 heavy (non-hydrogen) atoms. The first-order valence-corrected chi connectivity index (χ1v) is 4.18. The summed E-state index contributed by atoms with van der Waals surface area (Å²) in [5.74, 6) is -1.45. The molecule has 1 aromatic heterocycles. The first kappa shape index (κ1) is 8.90. The molecule has 0 spiro atoms. The number of aromatic carboxylic acids is 1. The third kappa shape index (κ3) is 1.20. The van der Waals surface area contributed by atoms with Gasteiger partial charge >= 0.3 is 5.97 Å². The Morgan fingerprint density at radius 2 is 2.21 bits per heavy atom. The summed E-state index contributed by atoms with van der Waals surface area (Å²) in [4.78, 5) is 10.7. The van der Waals surface area contributed by atoms with E-state index in [2.05, 4.69) is 0 Å². The molecule has 0 aliphatic rings. The number of hydrogen-bond donors (Lipinski definition) is 2. The van der Waals surface area contributed by atoms with E-state index >= 15 is 0 Å². The quantitative estimate of drug-likeness (QED) is 0.710. The number of carbonyl (C=O) groups is 1. The van der Waals surface area contributed by atoms with Crippen molar-refractivity contribution in [3.8, 4) is 0 Å². The molecule has 3 N–H and O–H groups in total. The molecule has 0 saturated carbocycles. The predicted molar refractivity (Wildman–Crippen MR) is 52.6 cm³/mol. The van der Waals surface area contributed by atoms with Crippen molar-refractivity contribution in [2.24, 2.45) is 0 Å². The molecule has 0 aliphatic carbocycles. The van der Waals surface area contributed by atoms with Gasteiger partial charge in [0.2, 0.25) is 5.76 Å². The number of hydrogen-bond acceptors (Lipinski definition) is 3. The fourth-order valence-electron chi connectivity index (χ4n) is 1.22. The number of furan rings is 1. The van der Waals surface area contributed by atoms with Gasteiger partial charge in [0.15, 0.2) is 0 Å². The molecule has 5 heteroatoms. The smallest absolute Gasteiger partial charge is 0.373 e. The maximum atomic E-state index is 10.7. The van der Waals surface area contributed by atoms with Crippen molar-refractivity contribution in [1.82, 2.24) is 0 Å². The van der Waals surface area contributed by atoms with Gasteiger partial charge in [-0.1, -0.05) is 11.6 Å². The Labute approximate surface area is 83.9 Å². The molecule has 0 atom stereocenters. The largest absolute Gasteiger partial charge is 0.475 e. The summed E-state index contributed by atoms with van der Waals surface area (Å²) in [6.07, 6.45) is 0. The van der Waals surface area contributed by atoms with Crippen LogP contribution < -0.4 is 5.73 Å². The number of benzene rings is 1. The number of halogens is 1. The number of nitrogens with two attached hydrogens (primary N) is 1. The first-order chi connectivity index (χ1) is 6.59. The fourth-order valence-corrected chi connectivity index (χ4v) is 1.49. The standard InChI is InChI=1S/C9H6ClNO3/c10-7-5-3-4(11)1-2-6(5)14-8(7)9(12)13/h1-3H,11H2,(H,12,13). The van der Waals surface area contributed by atoms with Crippen LogP contribution in [-0.2, 0) is 0 Å². The fraction of sp³-hybridized carbons (Fsp3) is 0. The first-order valence-electron chi connectivity index (χ1n) is 3.80. The van der Waals surface area contributed by atoms with Crippen LogP contribution in [0.25, 0.3) is 11.0 Å². The zero-order valence-electron chi connectivity index (χ0n) is 6.95. The van der Waals surface area contributed by atoms with Gasteiger partial charge in [-0.05, 0) is 18.2 Å². The molecule has 72 valence electrons. The highest BCUT2D eigenvalue weighted by Gasteiger charge is 2.17. The van der Waals surface area contributed by atoms with Crippen LogP contribution in [0.1, 0.15) is 10.6 Å². The topological polar surface area (TPSA) is 76.5 Å². The molecule has 1 aromatic carbocycles. The summed E-state index contributed by atoms with van der Waals surface area (Å²) in [6, 6.07) is 4.78. The summed E-state index contributed by atoms with van der Waals surface area (Å²) in [6.45, 7) is 0. The Balaban J connectivity index is 2.80. The van der Waals surface area contributed by atoms with E-state index in [1.54, 1.807) is 18.2 Å². The number of fused-ring (bicyclic) bond motifs is 1. The van der Waals surface area contributed by atoms with Crippen LogP contribution in [0.5, 0.6) is 0 Å². The third-order valence-electron chi connectivity index (χ3n) is 1.85. The van der Waals surface area contributed by atoms with Crippen LogP contribution in [0, 0.1) is 0 Å². The highest BCUT2D eigenvalue weighted by atomic mass is 35.5. The molecular formula is C9H6ClNO3. The lowest BCUT2D eigenvalue weighted by Gasteiger charge is -1.90. The van der Waals surface area contributed by atoms with E-state index in [0.29, 0.717) is 16.7 Å². The lowest BCUT2D eigenvalue weighted by Crippen LogP contribution is -1.93. The number of nitrogen functional groups attached to an aromatic ring is 1. The van der Waals surface area contributed by atoms with Gasteiger partial charge in [-0.3, -0.25) is 0 Å². The van der Waals surface area contributed by atoms with Crippen molar-refractivity contribution < 1.29 is 14.3 Å². The van der Waals surface area contributed by atoms with Gasteiger partial charge in [-0.2, -0.15) is 0 Å². The third-order valence-corrected chi connectivity index (χ3v) is 2.22. The van der Waals surface area contributed by atoms with E-state index in [-0.39, 0.29) is 10.8 Å². The van der Waals surface area contributed by atoms with Crippen molar-refractivity contribution in [3.05, 3.63) is 29.0 Å². The molecule has 0 unspecified atom stereocenters. The molecule has 2 rings (SSSR count). The zero-order chi connectivity index (χ0) is 10.3. The molecule has 0 amide bonds. The predicted octanol–water partition coefficient (Wildman–Crippen LogP) is 2.37. The zero-order valence-corrected chi connectivity index (χ0v) is 7.71. The highest BCUT2D eigenvalue weighted by molar-refractivity contribution is 6.38. The van der Waals surface area contributed by atoms with Crippen molar-refractivity contribution in [1.29, 1.82) is 0 Å². The van der Waals surface area contributed by atoms with E-state index in [1.165, 1.54) is 0 Å². The summed E-state index contributed by atoms with van der Waals surface area (Å²) >= 11 is 5.79. The molecule has 0 bridgehead atoms. The van der Waals surface area contributed by atoms with Crippen molar-refractivity contribution in [2.45, 2.75) is 0 Å². The Bertz CT molecular complexity index is 518. The average molecular weight is 212 g/mol. The number of carboxylic acids is 1. The van der Waals surface area contributed by atoms with Gasteiger partial charge in [0, 0.05) is 11.1 Å². The van der Waals surface area contributed by atoms with E-state index in [0.717, 1.165) is 0 Å². The minimum atomic E-state index is -1.19. The summed E-state index contributed by atoms with van der Waals surface area (Å²) < 4.78 is 5.03. The Hall–Kier alpha value is -1.68. The molecular weight excluding hydrogens is 206 g/mol. The summed E-state index contributed by atoms with van der Waals surface area (Å²) in [5, 5.41) is 9.33. The van der Waals surface area contributed by atoms with Crippen LogP contribution in [0.3, 0.4) is 0 Å². The molecule has 0 saturated heterocycles. The number of carboxylic acid groups (broad SMARTS) is 1. The molecule has 0 fully saturated rings. The molecule has 0 radical (unpaired) electrons. The Morgan fingerprint density at radius 1 is 1.50 bits per heavy atom. The van der Waals surface area contributed by atoms with Crippen molar-refractivity contribution >= 4 is 34.2 Å². The molecule has 0 aliphatic heterocycles. The maximum absolute atomic E-state index is 10.7. The van der Waals surface area contributed by atoms with Gasteiger partial charge in [-0.15, -0.1) is 0 Å². The minimum absolute atomic E-state index is 0.0831. The summed E-state index contributed by atoms with van der Waals surface area (Å²) in [5.41, 5.74) is 6.46. The monoisotopic (exact) mass is 211 g/mol. The van der Waals surface area contributed by atoms with Crippen LogP contribution in [0.4, 0.5) is 5.69 Å². The Morgan fingerprint density at radius 3 is 2.86 bits per heavy atom. The lowest BCUT2D eigenvalue weighted by atomic mass is 10.2. The normalized spacial score (nSPS) is 10.6. The van der Waals surface area contributed by atoms with E-state index in [4.69, 9.17) is 26.9 Å². The van der Waals surface area contributed by atoms with Gasteiger partial charge in [0.05, 0.1) is 0 Å². The van der Waals surface area contributed by atoms with Gasteiger partial charge in [0.1, 0.15) is 10.6 Å². The van der Waals surface area contributed by atoms with E-state index < -0.39 is 5.97 Å². The van der Waals surface area contributed by atoms with Crippen LogP contribution in [0.2, 0.25) is 5.02 Å². The second-order valence-electron chi connectivity index (χ2n) is 2.81. The highest BCUT2D eigenvalue weighted by Crippen LogP contribution is 2.31. The van der Waals surface area contributed by atoms with Crippen LogP contribution in [0.15, 0.2) is 22.6 Å². The minimum Gasteiger partial charge on any atom is -0.475 e. The van der Waals surface area contributed by atoms with Gasteiger partial charge < -0.3 is 15.3 Å². The second-order valence-corrected chi connectivity index (χ2v) is 3.18. The van der Waals surface area contributed by atoms with Crippen LogP contribution >= 0.6 is 11.6 Å². The van der Waals surface area contributed by atoms with E-state index in [9.17, 15) is 4.79 Å². The maximum Gasteiger partial charge on any atom is 0.373 e. The van der Waals surface area contributed by atoms with Crippen molar-refractivity contribution in [3.63, 3.8) is 0 Å². The molecule has 4 nitrogen and oxygen atoms in total. The SMILES string of the molecule is Nc1ccc2oc(C(=O)O)c(Cl)c2c1. The molecule has 1 heterocycles.